The molecule has 0 saturated carbocycles. The van der Waals surface area contributed by atoms with Crippen LogP contribution in [0.2, 0.25) is 0 Å². The van der Waals surface area contributed by atoms with Crippen LogP contribution in [-0.2, 0) is 0 Å². The molecule has 0 aromatic heterocycles. The van der Waals surface area contributed by atoms with E-state index in [-0.39, 0.29) is 0 Å². The first-order valence-electron chi connectivity index (χ1n) is 4.26. The van der Waals surface area contributed by atoms with Gasteiger partial charge in [-0.1, -0.05) is 25.3 Å². The first-order valence-corrected chi connectivity index (χ1v) is 4.26. The minimum absolute atomic E-state index is 0.791. The average molecular weight is 150 g/mol. The highest BCUT2D eigenvalue weighted by molar-refractivity contribution is 4.94. The van der Waals surface area contributed by atoms with Crippen LogP contribution in [0.3, 0.4) is 0 Å². The molecule has 0 nitrogen and oxygen atoms in total. The lowest BCUT2D eigenvalue weighted by molar-refractivity contribution is 0.594. The SMILES string of the molecule is CC(C)=C=C=CCCC(C)C. The van der Waals surface area contributed by atoms with Crippen LogP contribution in [-0.4, -0.2) is 0 Å². The molecule has 0 aromatic carbocycles. The average Bonchev–Trinajstić information content (AvgIpc) is 1.85. The van der Waals surface area contributed by atoms with Gasteiger partial charge in [0.15, 0.2) is 0 Å². The van der Waals surface area contributed by atoms with Crippen LogP contribution < -0.4 is 0 Å². The minimum Gasteiger partial charge on any atom is -0.0747 e. The van der Waals surface area contributed by atoms with Crippen LogP contribution >= 0.6 is 0 Å². The van der Waals surface area contributed by atoms with Crippen molar-refractivity contribution in [3.63, 3.8) is 0 Å². The van der Waals surface area contributed by atoms with Crippen molar-refractivity contribution in [1.82, 2.24) is 0 Å². The molecule has 62 valence electrons. The third-order valence-electron chi connectivity index (χ3n) is 1.31. The lowest BCUT2D eigenvalue weighted by atomic mass is 10.1. The van der Waals surface area contributed by atoms with E-state index < -0.39 is 0 Å². The van der Waals surface area contributed by atoms with E-state index >= 15 is 0 Å². The van der Waals surface area contributed by atoms with Crippen LogP contribution in [0.1, 0.15) is 40.5 Å². The second-order valence-corrected chi connectivity index (χ2v) is 3.44. The minimum atomic E-state index is 0.791. The van der Waals surface area contributed by atoms with Gasteiger partial charge in [-0.2, -0.15) is 0 Å². The Morgan fingerprint density at radius 2 is 2.00 bits per heavy atom. The summed E-state index contributed by atoms with van der Waals surface area (Å²) in [5, 5.41) is 0. The Hall–Kier alpha value is -0.700. The molecule has 0 heterocycles. The van der Waals surface area contributed by atoms with Gasteiger partial charge in [0, 0.05) is 0 Å². The second kappa shape index (κ2) is 6.04. The fourth-order valence-corrected chi connectivity index (χ4v) is 0.684. The molecule has 0 aromatic rings. The van der Waals surface area contributed by atoms with E-state index in [4.69, 9.17) is 0 Å². The molecule has 0 amide bonds. The van der Waals surface area contributed by atoms with Crippen LogP contribution in [0, 0.1) is 5.92 Å². The second-order valence-electron chi connectivity index (χ2n) is 3.44. The zero-order valence-electron chi connectivity index (χ0n) is 8.07. The molecular weight excluding hydrogens is 132 g/mol. The van der Waals surface area contributed by atoms with E-state index in [0.717, 1.165) is 12.3 Å². The maximum absolute atomic E-state index is 3.03. The summed E-state index contributed by atoms with van der Waals surface area (Å²) in [6, 6.07) is 0. The molecule has 0 bridgehead atoms. The zero-order valence-corrected chi connectivity index (χ0v) is 8.07. The summed E-state index contributed by atoms with van der Waals surface area (Å²) in [6.07, 6.45) is 4.43. The van der Waals surface area contributed by atoms with Gasteiger partial charge >= 0.3 is 0 Å². The zero-order chi connectivity index (χ0) is 8.69. The van der Waals surface area contributed by atoms with E-state index in [1.165, 1.54) is 12.0 Å². The van der Waals surface area contributed by atoms with Gasteiger partial charge < -0.3 is 0 Å². The topological polar surface area (TPSA) is 0 Å². The summed E-state index contributed by atoms with van der Waals surface area (Å²) in [4.78, 5) is 0. The van der Waals surface area contributed by atoms with Crippen LogP contribution in [0.15, 0.2) is 23.1 Å². The summed E-state index contributed by atoms with van der Waals surface area (Å²) < 4.78 is 0. The first-order chi connectivity index (χ1) is 5.13. The van der Waals surface area contributed by atoms with Crippen LogP contribution in [0.25, 0.3) is 0 Å². The predicted octanol–water partition coefficient (Wildman–Crippen LogP) is 3.70. The van der Waals surface area contributed by atoms with Gasteiger partial charge in [0.2, 0.25) is 0 Å². The lowest BCUT2D eigenvalue weighted by Crippen LogP contribution is -1.82. The van der Waals surface area contributed by atoms with Crippen molar-refractivity contribution in [2.45, 2.75) is 40.5 Å². The maximum atomic E-state index is 3.03. The van der Waals surface area contributed by atoms with Crippen molar-refractivity contribution in [1.29, 1.82) is 0 Å². The third-order valence-corrected chi connectivity index (χ3v) is 1.31. The molecule has 0 heteroatoms. The smallest absolute Gasteiger partial charge is 0.0261 e. The molecule has 0 aliphatic carbocycles. The molecule has 0 atom stereocenters. The van der Waals surface area contributed by atoms with Gasteiger partial charge in [0.25, 0.3) is 0 Å². The Balaban J connectivity index is 3.70. The van der Waals surface area contributed by atoms with E-state index in [1.807, 2.05) is 13.8 Å². The van der Waals surface area contributed by atoms with Gasteiger partial charge in [0.1, 0.15) is 0 Å². The highest BCUT2D eigenvalue weighted by Crippen LogP contribution is 2.02. The predicted molar refractivity (Wildman–Crippen MR) is 50.5 cm³/mol. The van der Waals surface area contributed by atoms with Crippen molar-refractivity contribution in [3.8, 4) is 0 Å². The van der Waals surface area contributed by atoms with E-state index in [9.17, 15) is 0 Å². The molecule has 0 saturated heterocycles. The number of allylic oxidation sites excluding steroid dienone is 2. The first kappa shape index (κ1) is 10.3. The number of hydrogen-bond donors (Lipinski definition) is 0. The van der Waals surface area contributed by atoms with Gasteiger partial charge in [-0.05, 0) is 44.3 Å². The summed E-state index contributed by atoms with van der Waals surface area (Å²) in [6.45, 7) is 8.53. The van der Waals surface area contributed by atoms with Crippen molar-refractivity contribution < 1.29 is 0 Å². The Labute approximate surface area is 70.3 Å². The quantitative estimate of drug-likeness (QED) is 0.538. The van der Waals surface area contributed by atoms with Crippen molar-refractivity contribution in [2.24, 2.45) is 5.92 Å². The summed E-state index contributed by atoms with van der Waals surface area (Å²) in [5.41, 5.74) is 7.24. The van der Waals surface area contributed by atoms with Gasteiger partial charge in [-0.25, -0.2) is 0 Å². The molecule has 0 N–H and O–H groups in total. The molecule has 11 heavy (non-hydrogen) atoms. The van der Waals surface area contributed by atoms with E-state index in [1.54, 1.807) is 0 Å². The van der Waals surface area contributed by atoms with Gasteiger partial charge in [-0.3, -0.25) is 0 Å². The molecule has 0 spiro atoms. The molecule has 0 aliphatic rings. The summed E-state index contributed by atoms with van der Waals surface area (Å²) in [7, 11) is 0. The molecule has 0 unspecified atom stereocenters. The van der Waals surface area contributed by atoms with E-state index in [0.29, 0.717) is 0 Å². The van der Waals surface area contributed by atoms with Crippen molar-refractivity contribution in [2.75, 3.05) is 0 Å². The standard InChI is InChI=1S/C11H18/c1-10(2)8-6-5-7-9-11(3)4/h5,10H,6,8H2,1-4H3. The molecule has 0 radical (unpaired) electrons. The summed E-state index contributed by atoms with van der Waals surface area (Å²) >= 11 is 0. The molecule has 0 fully saturated rings. The Morgan fingerprint density at radius 1 is 1.36 bits per heavy atom. The van der Waals surface area contributed by atoms with Crippen LogP contribution in [0.5, 0.6) is 0 Å². The van der Waals surface area contributed by atoms with Gasteiger partial charge in [-0.15, -0.1) is 0 Å². The molecule has 0 rings (SSSR count). The third kappa shape index (κ3) is 9.30. The fraction of sp³-hybridized carbons (Fsp3) is 0.636. The lowest BCUT2D eigenvalue weighted by Gasteiger charge is -1.96. The highest BCUT2D eigenvalue weighted by Gasteiger charge is 1.88. The largest absolute Gasteiger partial charge is 0.0747 e. The number of rotatable bonds is 3. The van der Waals surface area contributed by atoms with Gasteiger partial charge in [0.05, 0.1) is 0 Å². The monoisotopic (exact) mass is 150 g/mol. The maximum Gasteiger partial charge on any atom is -0.0261 e. The molecule has 0 aliphatic heterocycles. The summed E-state index contributed by atoms with van der Waals surface area (Å²) in [5.74, 6) is 0.791. The Kier molecular flexibility index (Phi) is 5.65. The Morgan fingerprint density at radius 3 is 2.45 bits per heavy atom. The van der Waals surface area contributed by atoms with Crippen molar-refractivity contribution in [3.05, 3.63) is 23.1 Å². The molecular formula is C11H18. The number of hydrogen-bond acceptors (Lipinski definition) is 0. The Bertz CT molecular complexity index is 180. The van der Waals surface area contributed by atoms with Crippen molar-refractivity contribution >= 4 is 0 Å². The van der Waals surface area contributed by atoms with Crippen LogP contribution in [0.4, 0.5) is 0 Å². The fourth-order valence-electron chi connectivity index (χ4n) is 0.684. The highest BCUT2D eigenvalue weighted by atomic mass is 13.9. The normalized spacial score (nSPS) is 8.82. The van der Waals surface area contributed by atoms with E-state index in [2.05, 4.69) is 31.4 Å².